The molecule has 3 aromatic rings. The van der Waals surface area contributed by atoms with Crippen LogP contribution in [0.25, 0.3) is 10.9 Å². The second kappa shape index (κ2) is 14.8. The van der Waals surface area contributed by atoms with Gasteiger partial charge in [-0.1, -0.05) is 30.3 Å². The molecule has 236 valence electrons. The number of aliphatic hydroxyl groups is 1. The quantitative estimate of drug-likeness (QED) is 0.157. The molecular weight excluding hydrogens is 565 g/mol. The maximum Gasteiger partial charge on any atom is 0.354 e. The third-order valence-electron chi connectivity index (χ3n) is 8.99. The van der Waals surface area contributed by atoms with Crippen LogP contribution >= 0.6 is 0 Å². The van der Waals surface area contributed by atoms with Gasteiger partial charge in [0.1, 0.15) is 25.0 Å². The Kier molecular flexibility index (Phi) is 10.6. The van der Waals surface area contributed by atoms with Crippen LogP contribution in [-0.4, -0.2) is 84.4 Å². The molecule has 1 saturated carbocycles. The van der Waals surface area contributed by atoms with Crippen molar-refractivity contribution in [3.8, 4) is 0 Å². The van der Waals surface area contributed by atoms with Crippen LogP contribution in [0.1, 0.15) is 54.1 Å². The maximum absolute atomic E-state index is 14.0. The van der Waals surface area contributed by atoms with E-state index < -0.39 is 24.7 Å². The second-order valence-electron chi connectivity index (χ2n) is 11.8. The molecule has 1 aromatic heterocycles. The number of rotatable bonds is 12. The molecule has 2 aromatic carbocycles. The van der Waals surface area contributed by atoms with Crippen molar-refractivity contribution in [2.75, 3.05) is 44.8 Å². The fourth-order valence-corrected chi connectivity index (χ4v) is 6.60. The average molecular weight is 608 g/mol. The number of fused-ring (bicyclic) bond motifs is 1. The van der Waals surface area contributed by atoms with Crippen molar-refractivity contribution in [3.05, 3.63) is 65.9 Å². The molecule has 2 fully saturated rings. The van der Waals surface area contributed by atoms with Gasteiger partial charge in [-0.2, -0.15) is 0 Å². The number of likely N-dealkylation sites (tertiary alicyclic amines) is 1. The van der Waals surface area contributed by atoms with Gasteiger partial charge in [0.05, 0.1) is 6.61 Å². The number of ether oxygens (including phenoxy) is 1. The molecule has 11 heteroatoms. The highest BCUT2D eigenvalue weighted by molar-refractivity contribution is 6.01. The van der Waals surface area contributed by atoms with Crippen LogP contribution in [0.2, 0.25) is 0 Å². The minimum atomic E-state index is -0.678. The van der Waals surface area contributed by atoms with Gasteiger partial charge in [-0.15, -0.1) is 0 Å². The van der Waals surface area contributed by atoms with Crippen LogP contribution < -0.4 is 16.4 Å². The van der Waals surface area contributed by atoms with Crippen LogP contribution in [0.3, 0.4) is 0 Å². The number of hydrogen-bond acceptors (Lipinski definition) is 7. The Hall–Kier alpha value is -3.80. The molecule has 0 unspecified atom stereocenters. The Labute approximate surface area is 256 Å². The van der Waals surface area contributed by atoms with E-state index in [-0.39, 0.29) is 42.8 Å². The molecule has 0 spiro atoms. The highest BCUT2D eigenvalue weighted by Gasteiger charge is 2.44. The van der Waals surface area contributed by atoms with E-state index in [0.717, 1.165) is 16.5 Å². The summed E-state index contributed by atoms with van der Waals surface area (Å²) in [4.78, 5) is 45.1. The number of halogens is 1. The zero-order valence-corrected chi connectivity index (χ0v) is 24.8. The van der Waals surface area contributed by atoms with Crippen LogP contribution in [0.5, 0.6) is 0 Å². The third kappa shape index (κ3) is 7.28. The number of aromatic nitrogens is 1. The lowest BCUT2D eigenvalue weighted by atomic mass is 9.78. The van der Waals surface area contributed by atoms with Crippen molar-refractivity contribution in [2.24, 2.45) is 17.6 Å². The van der Waals surface area contributed by atoms with E-state index in [1.54, 1.807) is 29.2 Å². The van der Waals surface area contributed by atoms with E-state index in [9.17, 15) is 18.8 Å². The van der Waals surface area contributed by atoms with Gasteiger partial charge in [0.2, 0.25) is 11.8 Å². The monoisotopic (exact) mass is 607 g/mol. The molecule has 1 aliphatic heterocycles. The van der Waals surface area contributed by atoms with E-state index in [1.165, 1.54) is 0 Å². The molecule has 2 amide bonds. The lowest BCUT2D eigenvalue weighted by Crippen LogP contribution is -2.48. The third-order valence-corrected chi connectivity index (χ3v) is 8.99. The largest absolute Gasteiger partial charge is 0.460 e. The summed E-state index contributed by atoms with van der Waals surface area (Å²) in [6, 6.07) is 15.7. The Balaban J connectivity index is 1.29. The molecule has 5 rings (SSSR count). The highest BCUT2D eigenvalue weighted by atomic mass is 19.1. The van der Waals surface area contributed by atoms with E-state index >= 15 is 0 Å². The number of nitrogens with one attached hydrogen (secondary N) is 3. The number of esters is 1. The number of alkyl halides is 1. The lowest BCUT2D eigenvalue weighted by molar-refractivity contribution is -0.141. The minimum absolute atomic E-state index is 0.00986. The fraction of sp³-hybridized carbons (Fsp3) is 0.485. The number of amides is 2. The SMILES string of the molecule is N[C@H](CF)[C@H]1CC[C@H](C(=O)N2CC[C@H](c3ccccc3)[C@H]2C(=O)Nc2ccc3[nH]c(C(=O)OCCNCCO)cc3c2)CC1. The molecule has 6 N–H and O–H groups in total. The standard InChI is InChI=1S/C33H42FN5O5/c34-20-27(35)22-6-8-23(9-7-22)32(42)39-15-12-26(21-4-2-1-3-5-21)30(39)31(41)37-25-10-11-28-24(18-25)19-29(38-28)33(43)44-17-14-36-13-16-40/h1-5,10-11,18-19,22-23,26-27,30,36,38,40H,6-9,12-17,20,35H2,(H,37,41)/t22-,23-,26-,27-,30+/m1/s1. The zero-order valence-electron chi connectivity index (χ0n) is 24.8. The first-order chi connectivity index (χ1) is 21.4. The summed E-state index contributed by atoms with van der Waals surface area (Å²) < 4.78 is 18.4. The van der Waals surface area contributed by atoms with Gasteiger partial charge in [-0.25, -0.2) is 9.18 Å². The second-order valence-corrected chi connectivity index (χ2v) is 11.8. The molecule has 3 atom stereocenters. The van der Waals surface area contributed by atoms with Crippen molar-refractivity contribution in [1.29, 1.82) is 0 Å². The summed E-state index contributed by atoms with van der Waals surface area (Å²) in [7, 11) is 0. The zero-order chi connectivity index (χ0) is 31.1. The number of H-pyrrole nitrogens is 1. The summed E-state index contributed by atoms with van der Waals surface area (Å²) in [5, 5.41) is 15.5. The number of aliphatic hydroxyl groups excluding tert-OH is 1. The number of anilines is 1. The number of nitrogens with zero attached hydrogens (tertiary/aromatic N) is 1. The first-order valence-corrected chi connectivity index (χ1v) is 15.5. The average Bonchev–Trinajstić information content (AvgIpc) is 3.69. The normalized spacial score (nSPS) is 22.6. The predicted octanol–water partition coefficient (Wildman–Crippen LogP) is 3.33. The number of benzene rings is 2. The smallest absolute Gasteiger partial charge is 0.354 e. The highest BCUT2D eigenvalue weighted by Crippen LogP contribution is 2.38. The van der Waals surface area contributed by atoms with Crippen molar-refractivity contribution in [1.82, 2.24) is 15.2 Å². The molecule has 10 nitrogen and oxygen atoms in total. The molecule has 1 aliphatic carbocycles. The van der Waals surface area contributed by atoms with Crippen molar-refractivity contribution in [3.63, 3.8) is 0 Å². The van der Waals surface area contributed by atoms with Gasteiger partial charge < -0.3 is 36.1 Å². The number of aromatic amines is 1. The molecule has 44 heavy (non-hydrogen) atoms. The van der Waals surface area contributed by atoms with Gasteiger partial charge in [-0.05, 0) is 67.9 Å². The first kappa shape index (κ1) is 31.6. The summed E-state index contributed by atoms with van der Waals surface area (Å²) in [5.74, 6) is -1.06. The number of carbonyl (C=O) groups is 3. The van der Waals surface area contributed by atoms with Crippen LogP contribution in [0, 0.1) is 11.8 Å². The maximum atomic E-state index is 14.0. The molecular formula is C33H42FN5O5. The van der Waals surface area contributed by atoms with E-state index in [2.05, 4.69) is 15.6 Å². The Morgan fingerprint density at radius 2 is 1.82 bits per heavy atom. The molecule has 2 aliphatic rings. The van der Waals surface area contributed by atoms with E-state index in [1.807, 2.05) is 30.3 Å². The summed E-state index contributed by atoms with van der Waals surface area (Å²) in [6.45, 7) is 0.965. The van der Waals surface area contributed by atoms with Gasteiger partial charge >= 0.3 is 5.97 Å². The van der Waals surface area contributed by atoms with Gasteiger partial charge in [-0.3, -0.25) is 9.59 Å². The molecule has 2 heterocycles. The van der Waals surface area contributed by atoms with Crippen molar-refractivity contribution >= 4 is 34.4 Å². The number of carbonyl (C=O) groups excluding carboxylic acids is 3. The Morgan fingerprint density at radius 1 is 1.05 bits per heavy atom. The summed E-state index contributed by atoms with van der Waals surface area (Å²) in [6.07, 6.45) is 3.38. The molecule has 0 radical (unpaired) electrons. The van der Waals surface area contributed by atoms with Crippen LogP contribution in [-0.2, 0) is 14.3 Å². The van der Waals surface area contributed by atoms with Gasteiger partial charge in [0.25, 0.3) is 0 Å². The number of nitrogens with two attached hydrogens (primary N) is 1. The molecule has 0 bridgehead atoms. The van der Waals surface area contributed by atoms with Crippen molar-refractivity contribution in [2.45, 2.75) is 50.1 Å². The van der Waals surface area contributed by atoms with Crippen LogP contribution in [0.15, 0.2) is 54.6 Å². The van der Waals surface area contributed by atoms with E-state index in [4.69, 9.17) is 15.6 Å². The minimum Gasteiger partial charge on any atom is -0.460 e. The summed E-state index contributed by atoms with van der Waals surface area (Å²) in [5.41, 5.74) is 8.52. The van der Waals surface area contributed by atoms with Crippen molar-refractivity contribution < 1.29 is 28.6 Å². The molecule has 1 saturated heterocycles. The van der Waals surface area contributed by atoms with Crippen LogP contribution in [0.4, 0.5) is 10.1 Å². The lowest BCUT2D eigenvalue weighted by Gasteiger charge is -2.35. The van der Waals surface area contributed by atoms with Gasteiger partial charge in [0, 0.05) is 54.1 Å². The van der Waals surface area contributed by atoms with E-state index in [0.29, 0.717) is 63.1 Å². The first-order valence-electron chi connectivity index (χ1n) is 15.5. The fourth-order valence-electron chi connectivity index (χ4n) is 6.60. The summed E-state index contributed by atoms with van der Waals surface area (Å²) >= 11 is 0. The predicted molar refractivity (Wildman–Crippen MR) is 166 cm³/mol. The number of hydrogen-bond donors (Lipinski definition) is 5. The topological polar surface area (TPSA) is 150 Å². The Bertz CT molecular complexity index is 1420. The Morgan fingerprint density at radius 3 is 2.55 bits per heavy atom. The van der Waals surface area contributed by atoms with Gasteiger partial charge in [0.15, 0.2) is 0 Å².